The van der Waals surface area contributed by atoms with Gasteiger partial charge in [0.1, 0.15) is 6.04 Å². The number of thiocarbonyl (C=S) groups is 1. The Morgan fingerprint density at radius 1 is 1.64 bits per heavy atom. The maximum Gasteiger partial charge on any atom is 0.249 e. The van der Waals surface area contributed by atoms with Crippen LogP contribution in [0.2, 0.25) is 0 Å². The number of amides is 2. The van der Waals surface area contributed by atoms with Crippen molar-refractivity contribution in [1.29, 1.82) is 0 Å². The third kappa shape index (κ3) is 2.09. The largest absolute Gasteiger partial charge is 0.301 e. The van der Waals surface area contributed by atoms with E-state index in [9.17, 15) is 9.59 Å². The molecule has 1 saturated heterocycles. The van der Waals surface area contributed by atoms with Gasteiger partial charge in [0.15, 0.2) is 5.11 Å². The predicted octanol–water partition coefficient (Wildman–Crippen LogP) is 0.664. The minimum atomic E-state index is -0.417. The fraction of sp³-hybridized carbons (Fsp3) is 0.667. The van der Waals surface area contributed by atoms with Crippen LogP contribution in [0.4, 0.5) is 0 Å². The Balaban J connectivity index is 2.83. The summed E-state index contributed by atoms with van der Waals surface area (Å²) in [5.41, 5.74) is 0. The van der Waals surface area contributed by atoms with E-state index in [0.717, 1.165) is 0 Å². The molecule has 0 spiro atoms. The molecule has 14 heavy (non-hydrogen) atoms. The van der Waals surface area contributed by atoms with Gasteiger partial charge in [-0.25, -0.2) is 0 Å². The molecule has 1 fully saturated rings. The van der Waals surface area contributed by atoms with E-state index in [0.29, 0.717) is 12.3 Å². The summed E-state index contributed by atoms with van der Waals surface area (Å²) in [6.45, 7) is 5.43. The third-order valence-corrected chi connectivity index (χ3v) is 2.40. The Bertz CT molecular complexity index is 289. The zero-order valence-corrected chi connectivity index (χ0v) is 9.35. The van der Waals surface area contributed by atoms with E-state index >= 15 is 0 Å². The van der Waals surface area contributed by atoms with E-state index in [-0.39, 0.29) is 16.9 Å². The van der Waals surface area contributed by atoms with Gasteiger partial charge in [-0.05, 0) is 24.6 Å². The molecule has 0 bridgehead atoms. The molecule has 5 heteroatoms. The summed E-state index contributed by atoms with van der Waals surface area (Å²) >= 11 is 4.90. The number of hydrogen-bond donors (Lipinski definition) is 1. The van der Waals surface area contributed by atoms with E-state index in [2.05, 4.69) is 5.32 Å². The van der Waals surface area contributed by atoms with E-state index < -0.39 is 6.04 Å². The second-order valence-electron chi connectivity index (χ2n) is 3.83. The summed E-state index contributed by atoms with van der Waals surface area (Å²) in [5, 5.41) is 2.73. The lowest BCUT2D eigenvalue weighted by atomic mass is 10.0. The molecule has 78 valence electrons. The molecule has 0 aliphatic carbocycles. The molecule has 0 aromatic carbocycles. The normalized spacial score (nSPS) is 21.7. The second kappa shape index (κ2) is 4.04. The molecule has 1 atom stereocenters. The standard InChI is InChI=1S/C9H14N2O2S/c1-5(2)4-7-8(13)10-9(14)11(7)6(3)12/h5,7H,4H2,1-3H3,(H,10,13,14)/t7-/m0/s1. The molecule has 1 aliphatic heterocycles. The van der Waals surface area contributed by atoms with Crippen LogP contribution in [0.5, 0.6) is 0 Å². The zero-order chi connectivity index (χ0) is 10.9. The first-order valence-corrected chi connectivity index (χ1v) is 4.99. The Kier molecular flexibility index (Phi) is 3.21. The predicted molar refractivity (Wildman–Crippen MR) is 56.5 cm³/mol. The Morgan fingerprint density at radius 2 is 2.21 bits per heavy atom. The van der Waals surface area contributed by atoms with Gasteiger partial charge in [-0.1, -0.05) is 13.8 Å². The van der Waals surface area contributed by atoms with Crippen LogP contribution in [-0.4, -0.2) is 27.9 Å². The summed E-state index contributed by atoms with van der Waals surface area (Å²) in [6, 6.07) is -0.417. The summed E-state index contributed by atoms with van der Waals surface area (Å²) in [5.74, 6) is 0.00593. The lowest BCUT2D eigenvalue weighted by molar-refractivity contribution is -0.131. The van der Waals surface area contributed by atoms with Gasteiger partial charge in [0.2, 0.25) is 11.8 Å². The molecule has 1 N–H and O–H groups in total. The van der Waals surface area contributed by atoms with Crippen molar-refractivity contribution in [2.75, 3.05) is 0 Å². The lowest BCUT2D eigenvalue weighted by Crippen LogP contribution is -2.39. The molecule has 4 nitrogen and oxygen atoms in total. The molecule has 1 heterocycles. The number of nitrogens with zero attached hydrogens (tertiary/aromatic N) is 1. The number of nitrogens with one attached hydrogen (secondary N) is 1. The maximum atomic E-state index is 11.4. The van der Waals surface area contributed by atoms with E-state index in [1.807, 2.05) is 13.8 Å². The average molecular weight is 214 g/mol. The van der Waals surface area contributed by atoms with Crippen molar-refractivity contribution in [3.63, 3.8) is 0 Å². The highest BCUT2D eigenvalue weighted by atomic mass is 32.1. The van der Waals surface area contributed by atoms with Crippen LogP contribution < -0.4 is 5.32 Å². The second-order valence-corrected chi connectivity index (χ2v) is 4.22. The first kappa shape index (κ1) is 11.1. The van der Waals surface area contributed by atoms with Gasteiger partial charge >= 0.3 is 0 Å². The van der Waals surface area contributed by atoms with Gasteiger partial charge < -0.3 is 5.32 Å². The van der Waals surface area contributed by atoms with Gasteiger partial charge in [0.05, 0.1) is 0 Å². The molecule has 0 aromatic heterocycles. The molecular formula is C9H14N2O2S. The quantitative estimate of drug-likeness (QED) is 0.687. The van der Waals surface area contributed by atoms with Crippen LogP contribution in [0.3, 0.4) is 0 Å². The van der Waals surface area contributed by atoms with E-state index in [4.69, 9.17) is 12.2 Å². The Hall–Kier alpha value is -0.970. The highest BCUT2D eigenvalue weighted by Gasteiger charge is 2.38. The highest BCUT2D eigenvalue weighted by molar-refractivity contribution is 7.80. The van der Waals surface area contributed by atoms with Crippen LogP contribution in [-0.2, 0) is 9.59 Å². The first-order valence-electron chi connectivity index (χ1n) is 4.58. The summed E-state index contributed by atoms with van der Waals surface area (Å²) in [4.78, 5) is 24.0. The summed E-state index contributed by atoms with van der Waals surface area (Å²) in [7, 11) is 0. The molecule has 1 rings (SSSR count). The van der Waals surface area contributed by atoms with Crippen LogP contribution in [0.15, 0.2) is 0 Å². The smallest absolute Gasteiger partial charge is 0.249 e. The topological polar surface area (TPSA) is 49.4 Å². The molecule has 2 amide bonds. The van der Waals surface area contributed by atoms with E-state index in [1.165, 1.54) is 11.8 Å². The van der Waals surface area contributed by atoms with Gasteiger partial charge in [-0.3, -0.25) is 14.5 Å². The fourth-order valence-corrected chi connectivity index (χ4v) is 1.89. The zero-order valence-electron chi connectivity index (χ0n) is 8.53. The monoisotopic (exact) mass is 214 g/mol. The SMILES string of the molecule is CC(=O)N1C(=S)NC(=O)[C@@H]1CC(C)C. The molecule has 0 aromatic rings. The third-order valence-electron chi connectivity index (χ3n) is 2.10. The van der Waals surface area contributed by atoms with Gasteiger partial charge in [0.25, 0.3) is 0 Å². The summed E-state index contributed by atoms with van der Waals surface area (Å²) in [6.07, 6.45) is 0.644. The molecule has 0 radical (unpaired) electrons. The van der Waals surface area contributed by atoms with Crippen LogP contribution in [0.25, 0.3) is 0 Å². The van der Waals surface area contributed by atoms with Gasteiger partial charge in [-0.15, -0.1) is 0 Å². The highest BCUT2D eigenvalue weighted by Crippen LogP contribution is 2.17. The molecule has 0 unspecified atom stereocenters. The number of carbonyl (C=O) groups excluding carboxylic acids is 2. The minimum absolute atomic E-state index is 0.168. The maximum absolute atomic E-state index is 11.4. The number of hydrogen-bond acceptors (Lipinski definition) is 3. The van der Waals surface area contributed by atoms with Crippen molar-refractivity contribution in [2.45, 2.75) is 33.2 Å². The van der Waals surface area contributed by atoms with Crippen molar-refractivity contribution in [2.24, 2.45) is 5.92 Å². The fourth-order valence-electron chi connectivity index (χ4n) is 1.53. The van der Waals surface area contributed by atoms with Crippen molar-refractivity contribution in [1.82, 2.24) is 10.2 Å². The molecule has 1 aliphatic rings. The van der Waals surface area contributed by atoms with Crippen LogP contribution in [0.1, 0.15) is 27.2 Å². The van der Waals surface area contributed by atoms with Gasteiger partial charge in [0, 0.05) is 6.92 Å². The van der Waals surface area contributed by atoms with Crippen molar-refractivity contribution in [3.05, 3.63) is 0 Å². The molecular weight excluding hydrogens is 200 g/mol. The lowest BCUT2D eigenvalue weighted by Gasteiger charge is -2.20. The Labute approximate surface area is 88.6 Å². The number of carbonyl (C=O) groups is 2. The van der Waals surface area contributed by atoms with E-state index in [1.54, 1.807) is 0 Å². The van der Waals surface area contributed by atoms with Crippen LogP contribution in [0, 0.1) is 5.92 Å². The first-order chi connectivity index (χ1) is 6.43. The van der Waals surface area contributed by atoms with Crippen molar-refractivity contribution < 1.29 is 9.59 Å². The van der Waals surface area contributed by atoms with Crippen molar-refractivity contribution in [3.8, 4) is 0 Å². The average Bonchev–Trinajstić information content (AvgIpc) is 2.25. The van der Waals surface area contributed by atoms with Crippen LogP contribution >= 0.6 is 12.2 Å². The van der Waals surface area contributed by atoms with Gasteiger partial charge in [-0.2, -0.15) is 0 Å². The minimum Gasteiger partial charge on any atom is -0.301 e. The van der Waals surface area contributed by atoms with Crippen molar-refractivity contribution >= 4 is 29.1 Å². The summed E-state index contributed by atoms with van der Waals surface area (Å²) < 4.78 is 0. The molecule has 0 saturated carbocycles. The Morgan fingerprint density at radius 3 is 2.64 bits per heavy atom. The number of rotatable bonds is 2.